The molecule has 1 amide bonds. The number of carbonyl (C=O) groups excluding carboxylic acids is 1. The molecule has 0 aromatic heterocycles. The maximum atomic E-state index is 11.8. The van der Waals surface area contributed by atoms with E-state index in [1.54, 1.807) is 24.3 Å². The molecule has 0 heterocycles. The maximum absolute atomic E-state index is 11.8. The summed E-state index contributed by atoms with van der Waals surface area (Å²) in [7, 11) is 0. The quantitative estimate of drug-likeness (QED) is 0.487. The van der Waals surface area contributed by atoms with E-state index in [2.05, 4.69) is 5.32 Å². The number of anilines is 1. The molecule has 0 fully saturated rings. The van der Waals surface area contributed by atoms with Crippen molar-refractivity contribution in [3.05, 3.63) is 75.8 Å². The number of nitrogens with zero attached hydrogens (tertiary/aromatic N) is 1. The number of nitrogens with one attached hydrogen (secondary N) is 1. The molecular weight excluding hydrogens is 296 g/mol. The highest BCUT2D eigenvalue weighted by molar-refractivity contribution is 6.01. The molecule has 2 N–H and O–H groups in total. The molecule has 2 aromatic carbocycles. The highest BCUT2D eigenvalue weighted by atomic mass is 16.6. The Balaban J connectivity index is 1.98. The topological polar surface area (TPSA) is 92.5 Å². The van der Waals surface area contributed by atoms with Crippen molar-refractivity contribution in [2.45, 2.75) is 6.42 Å². The second kappa shape index (κ2) is 7.86. The van der Waals surface area contributed by atoms with Crippen molar-refractivity contribution in [1.29, 1.82) is 0 Å². The van der Waals surface area contributed by atoms with Gasteiger partial charge < -0.3 is 10.4 Å². The number of nitro groups is 1. The minimum absolute atomic E-state index is 0.0213. The first kappa shape index (κ1) is 16.4. The minimum atomic E-state index is -0.481. The van der Waals surface area contributed by atoms with Gasteiger partial charge in [-0.1, -0.05) is 24.3 Å². The van der Waals surface area contributed by atoms with Crippen molar-refractivity contribution < 1.29 is 14.8 Å². The highest BCUT2D eigenvalue weighted by Crippen LogP contribution is 2.14. The van der Waals surface area contributed by atoms with Gasteiger partial charge in [-0.3, -0.25) is 14.9 Å². The van der Waals surface area contributed by atoms with E-state index in [0.29, 0.717) is 17.7 Å². The largest absolute Gasteiger partial charge is 0.396 e. The molecule has 2 rings (SSSR count). The van der Waals surface area contributed by atoms with E-state index in [1.807, 2.05) is 12.1 Å². The molecule has 0 saturated heterocycles. The van der Waals surface area contributed by atoms with Crippen LogP contribution in [0.5, 0.6) is 0 Å². The van der Waals surface area contributed by atoms with Crippen LogP contribution in [0.3, 0.4) is 0 Å². The summed E-state index contributed by atoms with van der Waals surface area (Å²) < 4.78 is 0. The Labute approximate surface area is 133 Å². The molecule has 0 saturated carbocycles. The van der Waals surface area contributed by atoms with Crippen LogP contribution in [0.4, 0.5) is 11.4 Å². The van der Waals surface area contributed by atoms with E-state index in [1.165, 1.54) is 24.3 Å². The Bertz CT molecular complexity index is 724. The predicted molar refractivity (Wildman–Crippen MR) is 88.0 cm³/mol. The maximum Gasteiger partial charge on any atom is 0.270 e. The van der Waals surface area contributed by atoms with E-state index in [9.17, 15) is 14.9 Å². The molecule has 0 atom stereocenters. The van der Waals surface area contributed by atoms with Crippen LogP contribution in [0.1, 0.15) is 11.1 Å². The summed E-state index contributed by atoms with van der Waals surface area (Å²) >= 11 is 0. The summed E-state index contributed by atoms with van der Waals surface area (Å²) in [5.74, 6) is -0.327. The molecule has 6 heteroatoms. The van der Waals surface area contributed by atoms with Crippen molar-refractivity contribution >= 4 is 23.4 Å². The first-order valence-corrected chi connectivity index (χ1v) is 7.02. The Morgan fingerprint density at radius 3 is 2.61 bits per heavy atom. The number of amides is 1. The molecule has 2 aromatic rings. The van der Waals surface area contributed by atoms with Crippen molar-refractivity contribution in [3.8, 4) is 0 Å². The van der Waals surface area contributed by atoms with E-state index in [0.717, 1.165) is 5.56 Å². The van der Waals surface area contributed by atoms with Crippen LogP contribution < -0.4 is 5.32 Å². The Morgan fingerprint density at radius 2 is 1.96 bits per heavy atom. The van der Waals surface area contributed by atoms with Crippen LogP contribution in [-0.4, -0.2) is 22.5 Å². The second-order valence-electron chi connectivity index (χ2n) is 4.85. The van der Waals surface area contributed by atoms with Gasteiger partial charge >= 0.3 is 0 Å². The summed E-state index contributed by atoms with van der Waals surface area (Å²) in [6, 6.07) is 13.2. The van der Waals surface area contributed by atoms with Gasteiger partial charge in [0.15, 0.2) is 0 Å². The van der Waals surface area contributed by atoms with Crippen LogP contribution >= 0.6 is 0 Å². The van der Waals surface area contributed by atoms with Gasteiger partial charge in [-0.2, -0.15) is 0 Å². The van der Waals surface area contributed by atoms with Crippen LogP contribution in [0.25, 0.3) is 6.08 Å². The Kier molecular flexibility index (Phi) is 5.60. The molecule has 0 bridgehead atoms. The SMILES string of the molecule is O=C(C=Cc1cccc([N+](=O)[O-])c1)Nc1ccc(CCO)cc1. The van der Waals surface area contributed by atoms with E-state index >= 15 is 0 Å². The Hall–Kier alpha value is -2.99. The summed E-state index contributed by atoms with van der Waals surface area (Å²) in [6.45, 7) is 0.0810. The van der Waals surface area contributed by atoms with E-state index < -0.39 is 4.92 Å². The molecule has 0 aliphatic carbocycles. The number of rotatable bonds is 6. The third-order valence-electron chi connectivity index (χ3n) is 3.13. The van der Waals surface area contributed by atoms with Gasteiger partial charge in [0.25, 0.3) is 5.69 Å². The summed E-state index contributed by atoms with van der Waals surface area (Å²) in [5.41, 5.74) is 2.18. The number of aliphatic hydroxyl groups excluding tert-OH is 1. The normalized spacial score (nSPS) is 10.7. The zero-order valence-corrected chi connectivity index (χ0v) is 12.3. The molecule has 118 valence electrons. The highest BCUT2D eigenvalue weighted by Gasteiger charge is 2.04. The van der Waals surface area contributed by atoms with Crippen molar-refractivity contribution in [2.24, 2.45) is 0 Å². The number of non-ortho nitro benzene ring substituents is 1. The molecule has 6 nitrogen and oxygen atoms in total. The van der Waals surface area contributed by atoms with E-state index in [4.69, 9.17) is 5.11 Å². The number of hydrogen-bond donors (Lipinski definition) is 2. The fourth-order valence-corrected chi connectivity index (χ4v) is 1.98. The van der Waals surface area contributed by atoms with Crippen LogP contribution in [0, 0.1) is 10.1 Å². The first-order chi connectivity index (χ1) is 11.1. The van der Waals surface area contributed by atoms with Gasteiger partial charge in [0.05, 0.1) is 4.92 Å². The van der Waals surface area contributed by atoms with Crippen LogP contribution in [0.2, 0.25) is 0 Å². The minimum Gasteiger partial charge on any atom is -0.396 e. The number of carbonyl (C=O) groups is 1. The average Bonchev–Trinajstić information content (AvgIpc) is 2.55. The van der Waals surface area contributed by atoms with Gasteiger partial charge in [-0.15, -0.1) is 0 Å². The fourth-order valence-electron chi connectivity index (χ4n) is 1.98. The van der Waals surface area contributed by atoms with Gasteiger partial charge in [0.2, 0.25) is 5.91 Å². The zero-order valence-electron chi connectivity index (χ0n) is 12.3. The standard InChI is InChI=1S/C17H16N2O4/c20-11-10-13-4-7-15(8-5-13)18-17(21)9-6-14-2-1-3-16(12-14)19(22)23/h1-9,12,20H,10-11H2,(H,18,21). The van der Waals surface area contributed by atoms with Crippen LogP contribution in [-0.2, 0) is 11.2 Å². The van der Waals surface area contributed by atoms with Crippen LogP contribution in [0.15, 0.2) is 54.6 Å². The summed E-state index contributed by atoms with van der Waals surface area (Å²) in [4.78, 5) is 22.1. The third kappa shape index (κ3) is 5.05. The number of aliphatic hydroxyl groups is 1. The van der Waals surface area contributed by atoms with Crippen molar-refractivity contribution in [1.82, 2.24) is 0 Å². The molecular formula is C17H16N2O4. The van der Waals surface area contributed by atoms with E-state index in [-0.39, 0.29) is 18.2 Å². The van der Waals surface area contributed by atoms with Crippen molar-refractivity contribution in [3.63, 3.8) is 0 Å². The lowest BCUT2D eigenvalue weighted by molar-refractivity contribution is -0.384. The van der Waals surface area contributed by atoms with Gasteiger partial charge in [0, 0.05) is 30.5 Å². The molecule has 0 spiro atoms. The number of benzene rings is 2. The lowest BCUT2D eigenvalue weighted by Gasteiger charge is -2.03. The smallest absolute Gasteiger partial charge is 0.270 e. The summed E-state index contributed by atoms with van der Waals surface area (Å²) in [5, 5.41) is 22.2. The fraction of sp³-hybridized carbons (Fsp3) is 0.118. The average molecular weight is 312 g/mol. The third-order valence-corrected chi connectivity index (χ3v) is 3.13. The monoisotopic (exact) mass is 312 g/mol. The second-order valence-corrected chi connectivity index (χ2v) is 4.85. The number of hydrogen-bond acceptors (Lipinski definition) is 4. The van der Waals surface area contributed by atoms with Gasteiger partial charge in [-0.05, 0) is 35.8 Å². The lowest BCUT2D eigenvalue weighted by Crippen LogP contribution is -2.07. The van der Waals surface area contributed by atoms with Gasteiger partial charge in [0.1, 0.15) is 0 Å². The molecule has 0 aliphatic rings. The van der Waals surface area contributed by atoms with Gasteiger partial charge in [-0.25, -0.2) is 0 Å². The molecule has 0 aliphatic heterocycles. The molecule has 23 heavy (non-hydrogen) atoms. The first-order valence-electron chi connectivity index (χ1n) is 7.02. The Morgan fingerprint density at radius 1 is 1.22 bits per heavy atom. The summed E-state index contributed by atoms with van der Waals surface area (Å²) in [6.07, 6.45) is 3.41. The lowest BCUT2D eigenvalue weighted by atomic mass is 10.1. The van der Waals surface area contributed by atoms with Crippen molar-refractivity contribution in [2.75, 3.05) is 11.9 Å². The number of nitro benzene ring substituents is 1. The predicted octanol–water partition coefficient (Wildman–Crippen LogP) is 2.78. The molecule has 0 unspecified atom stereocenters. The zero-order chi connectivity index (χ0) is 16.7. The molecule has 0 radical (unpaired) electrons.